The summed E-state index contributed by atoms with van der Waals surface area (Å²) in [7, 11) is 0. The summed E-state index contributed by atoms with van der Waals surface area (Å²) in [6.07, 6.45) is 0. The van der Waals surface area contributed by atoms with Crippen molar-refractivity contribution in [1.82, 2.24) is 0 Å². The molecule has 0 spiro atoms. The lowest BCUT2D eigenvalue weighted by atomic mass is 10.1. The molecule has 78 valence electrons. The fourth-order valence-electron chi connectivity index (χ4n) is 1.23. The third kappa shape index (κ3) is 1.48. The molecule has 1 aromatic heterocycles. The molecule has 0 fully saturated rings. The van der Waals surface area contributed by atoms with Gasteiger partial charge >= 0.3 is 0 Å². The lowest BCUT2D eigenvalue weighted by Gasteiger charge is -1.96. The largest absolute Gasteiger partial charge is 0.502 e. The molecule has 0 bridgehead atoms. The zero-order valence-electron chi connectivity index (χ0n) is 7.57. The molecule has 0 saturated heterocycles. The number of nitrogen functional groups attached to an aromatic ring is 1. The molecule has 0 radical (unpaired) electrons. The zero-order chi connectivity index (χ0) is 11.0. The Labute approximate surface area is 84.4 Å². The van der Waals surface area contributed by atoms with Gasteiger partial charge in [0.05, 0.1) is 0 Å². The molecule has 4 nitrogen and oxygen atoms in total. The van der Waals surface area contributed by atoms with Crippen LogP contribution < -0.4 is 5.73 Å². The summed E-state index contributed by atoms with van der Waals surface area (Å²) < 4.78 is 17.5. The van der Waals surface area contributed by atoms with E-state index >= 15 is 0 Å². The Morgan fingerprint density at radius 2 is 1.67 bits per heavy atom. The number of rotatable bonds is 1. The van der Waals surface area contributed by atoms with Gasteiger partial charge in [-0.05, 0) is 24.3 Å². The van der Waals surface area contributed by atoms with Crippen molar-refractivity contribution >= 4 is 5.88 Å². The van der Waals surface area contributed by atoms with Crippen molar-refractivity contribution in [2.75, 3.05) is 5.73 Å². The van der Waals surface area contributed by atoms with E-state index in [4.69, 9.17) is 10.2 Å². The van der Waals surface area contributed by atoms with Gasteiger partial charge in [-0.1, -0.05) is 0 Å². The molecule has 5 heteroatoms. The van der Waals surface area contributed by atoms with E-state index in [2.05, 4.69) is 0 Å². The van der Waals surface area contributed by atoms with Crippen molar-refractivity contribution in [3.63, 3.8) is 0 Å². The highest BCUT2D eigenvalue weighted by molar-refractivity contribution is 5.72. The fourth-order valence-corrected chi connectivity index (χ4v) is 1.23. The van der Waals surface area contributed by atoms with Crippen molar-refractivity contribution in [2.45, 2.75) is 0 Å². The van der Waals surface area contributed by atoms with E-state index < -0.39 is 17.3 Å². The summed E-state index contributed by atoms with van der Waals surface area (Å²) in [5, 5.41) is 18.6. The average Bonchev–Trinajstić information content (AvgIpc) is 2.47. The average molecular weight is 209 g/mol. The molecule has 0 aliphatic rings. The minimum atomic E-state index is -0.505. The van der Waals surface area contributed by atoms with Gasteiger partial charge in [0.25, 0.3) is 0 Å². The molecular formula is C10H8FNO3. The highest BCUT2D eigenvalue weighted by Gasteiger charge is 2.18. The Morgan fingerprint density at radius 3 is 2.13 bits per heavy atom. The van der Waals surface area contributed by atoms with E-state index in [0.717, 1.165) is 0 Å². The summed E-state index contributed by atoms with van der Waals surface area (Å²) in [4.78, 5) is 0. The van der Waals surface area contributed by atoms with Gasteiger partial charge in [-0.2, -0.15) is 0 Å². The smallest absolute Gasteiger partial charge is 0.237 e. The van der Waals surface area contributed by atoms with Gasteiger partial charge < -0.3 is 20.4 Å². The molecule has 0 saturated carbocycles. The molecule has 15 heavy (non-hydrogen) atoms. The third-order valence-corrected chi connectivity index (χ3v) is 1.99. The molecular weight excluding hydrogens is 201 g/mol. The molecule has 0 aliphatic heterocycles. The van der Waals surface area contributed by atoms with Crippen LogP contribution in [-0.4, -0.2) is 10.2 Å². The lowest BCUT2D eigenvalue weighted by molar-refractivity contribution is 0.410. The highest BCUT2D eigenvalue weighted by Crippen LogP contribution is 2.43. The second kappa shape index (κ2) is 3.20. The SMILES string of the molecule is Nc1oc(-c2ccc(F)cc2)c(O)c1O. The molecule has 2 rings (SSSR count). The number of aromatic hydroxyl groups is 2. The van der Waals surface area contributed by atoms with Crippen LogP contribution in [0.3, 0.4) is 0 Å². The van der Waals surface area contributed by atoms with Crippen molar-refractivity contribution in [1.29, 1.82) is 0 Å². The summed E-state index contributed by atoms with van der Waals surface area (Å²) in [6, 6.07) is 5.24. The number of hydrogen-bond acceptors (Lipinski definition) is 4. The molecule has 4 N–H and O–H groups in total. The number of benzene rings is 1. The maximum absolute atomic E-state index is 12.6. The van der Waals surface area contributed by atoms with E-state index in [0.29, 0.717) is 5.56 Å². The molecule has 0 amide bonds. The highest BCUT2D eigenvalue weighted by atomic mass is 19.1. The Morgan fingerprint density at radius 1 is 1.07 bits per heavy atom. The van der Waals surface area contributed by atoms with Crippen LogP contribution in [0.4, 0.5) is 10.3 Å². The topological polar surface area (TPSA) is 79.6 Å². The monoisotopic (exact) mass is 209 g/mol. The van der Waals surface area contributed by atoms with Gasteiger partial charge in [-0.15, -0.1) is 0 Å². The van der Waals surface area contributed by atoms with E-state index in [1.54, 1.807) is 0 Å². The van der Waals surface area contributed by atoms with Crippen molar-refractivity contribution in [3.8, 4) is 22.8 Å². The Balaban J connectivity index is 2.54. The number of hydrogen-bond donors (Lipinski definition) is 3. The van der Waals surface area contributed by atoms with Crippen LogP contribution in [-0.2, 0) is 0 Å². The van der Waals surface area contributed by atoms with Gasteiger partial charge in [0.2, 0.25) is 17.4 Å². The predicted octanol–water partition coefficient (Wildman–Crippen LogP) is 2.08. The Kier molecular flexibility index (Phi) is 2.00. The van der Waals surface area contributed by atoms with Crippen LogP contribution in [0.15, 0.2) is 28.7 Å². The van der Waals surface area contributed by atoms with Crippen LogP contribution in [0, 0.1) is 5.82 Å². The maximum Gasteiger partial charge on any atom is 0.237 e. The zero-order valence-corrected chi connectivity index (χ0v) is 7.57. The van der Waals surface area contributed by atoms with Gasteiger partial charge in [0, 0.05) is 5.56 Å². The second-order valence-corrected chi connectivity index (χ2v) is 3.00. The molecule has 1 aromatic carbocycles. The summed E-state index contributed by atoms with van der Waals surface area (Å²) in [5.74, 6) is -1.60. The summed E-state index contributed by atoms with van der Waals surface area (Å²) in [5.41, 5.74) is 5.69. The van der Waals surface area contributed by atoms with Crippen molar-refractivity contribution in [2.24, 2.45) is 0 Å². The predicted molar refractivity (Wildman–Crippen MR) is 51.8 cm³/mol. The lowest BCUT2D eigenvalue weighted by Crippen LogP contribution is -1.78. The van der Waals surface area contributed by atoms with E-state index in [9.17, 15) is 14.6 Å². The Bertz CT molecular complexity index is 490. The van der Waals surface area contributed by atoms with Gasteiger partial charge in [0.1, 0.15) is 5.82 Å². The molecule has 0 unspecified atom stereocenters. The van der Waals surface area contributed by atoms with Crippen molar-refractivity contribution < 1.29 is 19.0 Å². The van der Waals surface area contributed by atoms with E-state index in [-0.39, 0.29) is 11.6 Å². The minimum absolute atomic E-state index is 0.0185. The van der Waals surface area contributed by atoms with Crippen LogP contribution >= 0.6 is 0 Å². The van der Waals surface area contributed by atoms with Gasteiger partial charge in [-0.25, -0.2) is 4.39 Å². The molecule has 2 aromatic rings. The van der Waals surface area contributed by atoms with Crippen molar-refractivity contribution in [3.05, 3.63) is 30.1 Å². The first-order valence-corrected chi connectivity index (χ1v) is 4.15. The number of furan rings is 1. The minimum Gasteiger partial charge on any atom is -0.502 e. The molecule has 0 atom stereocenters. The van der Waals surface area contributed by atoms with Crippen LogP contribution in [0.25, 0.3) is 11.3 Å². The molecule has 0 aliphatic carbocycles. The van der Waals surface area contributed by atoms with E-state index in [1.165, 1.54) is 24.3 Å². The first kappa shape index (κ1) is 9.39. The first-order chi connectivity index (χ1) is 7.09. The van der Waals surface area contributed by atoms with E-state index in [1.807, 2.05) is 0 Å². The normalized spacial score (nSPS) is 10.5. The number of halogens is 1. The summed E-state index contributed by atoms with van der Waals surface area (Å²) >= 11 is 0. The van der Waals surface area contributed by atoms with Gasteiger partial charge in [-0.3, -0.25) is 0 Å². The molecule has 1 heterocycles. The van der Waals surface area contributed by atoms with Crippen LogP contribution in [0.5, 0.6) is 11.5 Å². The fraction of sp³-hybridized carbons (Fsp3) is 0. The summed E-state index contributed by atoms with van der Waals surface area (Å²) in [6.45, 7) is 0. The van der Waals surface area contributed by atoms with Crippen LogP contribution in [0.2, 0.25) is 0 Å². The quantitative estimate of drug-likeness (QED) is 0.671. The standard InChI is InChI=1S/C10H8FNO3/c11-6-3-1-5(2-4-6)9-7(13)8(14)10(12)15-9/h1-4,13-14H,12H2. The maximum atomic E-state index is 12.6. The number of anilines is 1. The number of nitrogens with two attached hydrogens (primary N) is 1. The first-order valence-electron chi connectivity index (χ1n) is 4.15. The Hall–Kier alpha value is -2.17. The second-order valence-electron chi connectivity index (χ2n) is 3.00. The van der Waals surface area contributed by atoms with Gasteiger partial charge in [0.15, 0.2) is 5.76 Å². The third-order valence-electron chi connectivity index (χ3n) is 1.99. The van der Waals surface area contributed by atoms with Crippen LogP contribution in [0.1, 0.15) is 0 Å².